The van der Waals surface area contributed by atoms with Crippen LogP contribution in [-0.4, -0.2) is 57.3 Å². The first-order valence-electron chi connectivity index (χ1n) is 8.05. The molecule has 0 aliphatic heterocycles. The standard InChI is InChI=1S/C14H30N4O2S2.HI/c1-4-15-14(16-9-10-17-22(3,19)20)18-12-7-6-8-13(11-12)21-5-2;/h12-13,17H,4-11H2,1-3H3,(H2,15,16,18);1H. The second-order valence-corrected chi connectivity index (χ2v) is 8.92. The molecule has 6 nitrogen and oxygen atoms in total. The van der Waals surface area contributed by atoms with Crippen molar-refractivity contribution in [2.45, 2.75) is 50.8 Å². The molecule has 2 unspecified atom stereocenters. The van der Waals surface area contributed by atoms with Crippen LogP contribution >= 0.6 is 35.7 Å². The SMILES string of the molecule is CCNC(=NCCNS(C)(=O)=O)NC1CCCC(SCC)C1.I. The van der Waals surface area contributed by atoms with E-state index in [2.05, 4.69) is 27.3 Å². The monoisotopic (exact) mass is 478 g/mol. The average Bonchev–Trinajstić information content (AvgIpc) is 2.43. The maximum atomic E-state index is 11.0. The van der Waals surface area contributed by atoms with Gasteiger partial charge in [0.25, 0.3) is 0 Å². The topological polar surface area (TPSA) is 82.6 Å². The van der Waals surface area contributed by atoms with Crippen molar-refractivity contribution in [3.63, 3.8) is 0 Å². The quantitative estimate of drug-likeness (QED) is 0.215. The predicted molar refractivity (Wildman–Crippen MR) is 112 cm³/mol. The maximum Gasteiger partial charge on any atom is 0.208 e. The fraction of sp³-hybridized carbons (Fsp3) is 0.929. The van der Waals surface area contributed by atoms with E-state index in [1.165, 1.54) is 31.4 Å². The van der Waals surface area contributed by atoms with Crippen molar-refractivity contribution in [3.8, 4) is 0 Å². The van der Waals surface area contributed by atoms with Crippen LogP contribution in [0.15, 0.2) is 4.99 Å². The lowest BCUT2D eigenvalue weighted by atomic mass is 9.95. The first-order valence-corrected chi connectivity index (χ1v) is 11.0. The molecule has 0 amide bonds. The van der Waals surface area contributed by atoms with E-state index in [9.17, 15) is 8.42 Å². The predicted octanol–water partition coefficient (Wildman–Crippen LogP) is 1.77. The van der Waals surface area contributed by atoms with E-state index in [0.29, 0.717) is 19.1 Å². The molecule has 1 fully saturated rings. The second-order valence-electron chi connectivity index (χ2n) is 5.51. The number of halogens is 1. The minimum Gasteiger partial charge on any atom is -0.357 e. The Bertz CT molecular complexity index is 444. The number of rotatable bonds is 8. The van der Waals surface area contributed by atoms with Gasteiger partial charge in [0.2, 0.25) is 10.0 Å². The Morgan fingerprint density at radius 2 is 2.04 bits per heavy atom. The van der Waals surface area contributed by atoms with Gasteiger partial charge in [-0.15, -0.1) is 24.0 Å². The van der Waals surface area contributed by atoms with Gasteiger partial charge in [-0.3, -0.25) is 4.99 Å². The third kappa shape index (κ3) is 11.4. The van der Waals surface area contributed by atoms with Gasteiger partial charge in [0.15, 0.2) is 5.96 Å². The fourth-order valence-electron chi connectivity index (χ4n) is 2.58. The van der Waals surface area contributed by atoms with E-state index >= 15 is 0 Å². The average molecular weight is 478 g/mol. The summed E-state index contributed by atoms with van der Waals surface area (Å²) in [6.07, 6.45) is 6.07. The lowest BCUT2D eigenvalue weighted by molar-refractivity contribution is 0.419. The van der Waals surface area contributed by atoms with Gasteiger partial charge in [0.1, 0.15) is 0 Å². The smallest absolute Gasteiger partial charge is 0.208 e. The number of guanidine groups is 1. The molecule has 0 heterocycles. The molecule has 0 aromatic carbocycles. The van der Waals surface area contributed by atoms with Gasteiger partial charge in [-0.25, -0.2) is 13.1 Å². The Morgan fingerprint density at radius 3 is 2.65 bits per heavy atom. The van der Waals surface area contributed by atoms with Crippen molar-refractivity contribution in [1.29, 1.82) is 0 Å². The van der Waals surface area contributed by atoms with E-state index < -0.39 is 10.0 Å². The number of nitrogens with zero attached hydrogens (tertiary/aromatic N) is 1. The van der Waals surface area contributed by atoms with Crippen molar-refractivity contribution < 1.29 is 8.42 Å². The molecule has 1 saturated carbocycles. The van der Waals surface area contributed by atoms with Crippen molar-refractivity contribution in [2.75, 3.05) is 31.6 Å². The van der Waals surface area contributed by atoms with Gasteiger partial charge in [-0.2, -0.15) is 11.8 Å². The minimum atomic E-state index is -3.14. The van der Waals surface area contributed by atoms with Crippen molar-refractivity contribution in [2.24, 2.45) is 4.99 Å². The van der Waals surface area contributed by atoms with Gasteiger partial charge in [-0.05, 0) is 31.9 Å². The molecule has 9 heteroatoms. The Kier molecular flexibility index (Phi) is 12.7. The maximum absolute atomic E-state index is 11.0. The highest BCUT2D eigenvalue weighted by Crippen LogP contribution is 2.28. The Labute approximate surface area is 162 Å². The highest BCUT2D eigenvalue weighted by molar-refractivity contribution is 14.0. The van der Waals surface area contributed by atoms with Crippen LogP contribution in [0.3, 0.4) is 0 Å². The van der Waals surface area contributed by atoms with E-state index in [-0.39, 0.29) is 24.0 Å². The zero-order chi connectivity index (χ0) is 16.4. The molecule has 1 aliphatic carbocycles. The third-order valence-electron chi connectivity index (χ3n) is 3.46. The zero-order valence-corrected chi connectivity index (χ0v) is 18.3. The summed E-state index contributed by atoms with van der Waals surface area (Å²) in [6, 6.07) is 0.457. The summed E-state index contributed by atoms with van der Waals surface area (Å²) in [6.45, 7) is 5.80. The van der Waals surface area contributed by atoms with Crippen LogP contribution in [0.1, 0.15) is 39.5 Å². The molecule has 2 atom stereocenters. The Hall–Kier alpha value is 0.260. The number of thioether (sulfide) groups is 1. The van der Waals surface area contributed by atoms with Crippen molar-refractivity contribution in [1.82, 2.24) is 15.4 Å². The van der Waals surface area contributed by atoms with Crippen LogP contribution in [0.2, 0.25) is 0 Å². The summed E-state index contributed by atoms with van der Waals surface area (Å²) in [5.74, 6) is 1.95. The molecule has 23 heavy (non-hydrogen) atoms. The first kappa shape index (κ1) is 23.3. The molecular weight excluding hydrogens is 447 g/mol. The summed E-state index contributed by atoms with van der Waals surface area (Å²) in [7, 11) is -3.14. The van der Waals surface area contributed by atoms with Crippen LogP contribution in [0.25, 0.3) is 0 Å². The second kappa shape index (κ2) is 12.6. The molecule has 138 valence electrons. The molecule has 1 aliphatic rings. The fourth-order valence-corrected chi connectivity index (χ4v) is 4.21. The zero-order valence-electron chi connectivity index (χ0n) is 14.3. The molecular formula is C14H31IN4O2S2. The van der Waals surface area contributed by atoms with Gasteiger partial charge in [-0.1, -0.05) is 13.3 Å². The summed E-state index contributed by atoms with van der Waals surface area (Å²) >= 11 is 2.04. The van der Waals surface area contributed by atoms with Crippen molar-refractivity contribution in [3.05, 3.63) is 0 Å². The normalized spacial score (nSPS) is 22.3. The van der Waals surface area contributed by atoms with Crippen LogP contribution in [0.5, 0.6) is 0 Å². The summed E-state index contributed by atoms with van der Waals surface area (Å²) in [5.41, 5.74) is 0. The van der Waals surface area contributed by atoms with E-state index in [1.54, 1.807) is 0 Å². The molecule has 1 rings (SSSR count). The number of nitrogens with one attached hydrogen (secondary N) is 3. The lowest BCUT2D eigenvalue weighted by Gasteiger charge is -2.30. The van der Waals surface area contributed by atoms with Gasteiger partial charge in [0, 0.05) is 24.4 Å². The molecule has 0 bridgehead atoms. The van der Waals surface area contributed by atoms with Crippen LogP contribution in [-0.2, 0) is 10.0 Å². The van der Waals surface area contributed by atoms with E-state index in [0.717, 1.165) is 24.0 Å². The number of hydrogen-bond acceptors (Lipinski definition) is 4. The van der Waals surface area contributed by atoms with Crippen LogP contribution in [0.4, 0.5) is 0 Å². The summed E-state index contributed by atoms with van der Waals surface area (Å²) in [4.78, 5) is 4.44. The largest absolute Gasteiger partial charge is 0.357 e. The summed E-state index contributed by atoms with van der Waals surface area (Å²) in [5, 5.41) is 7.46. The lowest BCUT2D eigenvalue weighted by Crippen LogP contribution is -2.46. The molecule has 0 aromatic rings. The Balaban J connectivity index is 0.00000484. The Morgan fingerprint density at radius 1 is 1.30 bits per heavy atom. The number of aliphatic imine (C=N–C) groups is 1. The molecule has 0 spiro atoms. The van der Waals surface area contributed by atoms with E-state index in [1.807, 2.05) is 18.7 Å². The molecule has 3 N–H and O–H groups in total. The van der Waals surface area contributed by atoms with Crippen LogP contribution in [0, 0.1) is 0 Å². The van der Waals surface area contributed by atoms with E-state index in [4.69, 9.17) is 0 Å². The molecule has 0 aromatic heterocycles. The summed E-state index contributed by atoms with van der Waals surface area (Å²) < 4.78 is 24.5. The van der Waals surface area contributed by atoms with Gasteiger partial charge < -0.3 is 10.6 Å². The highest BCUT2D eigenvalue weighted by atomic mass is 127. The molecule has 0 radical (unpaired) electrons. The van der Waals surface area contributed by atoms with Gasteiger partial charge in [0.05, 0.1) is 12.8 Å². The van der Waals surface area contributed by atoms with Crippen molar-refractivity contribution >= 4 is 51.7 Å². The third-order valence-corrected chi connectivity index (χ3v) is 5.42. The highest BCUT2D eigenvalue weighted by Gasteiger charge is 2.22. The van der Waals surface area contributed by atoms with Crippen LogP contribution < -0.4 is 15.4 Å². The molecule has 0 saturated heterocycles. The minimum absolute atomic E-state index is 0. The first-order chi connectivity index (χ1) is 10.4. The number of sulfonamides is 1. The number of hydrogen-bond donors (Lipinski definition) is 3. The van der Waals surface area contributed by atoms with Gasteiger partial charge >= 0.3 is 0 Å².